The van der Waals surface area contributed by atoms with Crippen molar-refractivity contribution in [1.82, 2.24) is 20.8 Å². The van der Waals surface area contributed by atoms with Crippen LogP contribution in [0.3, 0.4) is 0 Å². The molecule has 0 aliphatic rings. The molecule has 2 amide bonds. The molecule has 1 heterocycles. The van der Waals surface area contributed by atoms with Crippen LogP contribution in [0.15, 0.2) is 46.3 Å². The Hall–Kier alpha value is -2.61. The molecule has 2 rings (SSSR count). The smallest absolute Gasteiger partial charge is 0.252 e. The monoisotopic (exact) mass is 332 g/mol. The zero-order chi connectivity index (χ0) is 16.7. The Bertz CT molecular complexity index is 746. The SMILES string of the molecule is CCC(=O)NNC(=O)CSc1nc(-c2ccccc2)cc(=O)[nH]1. The van der Waals surface area contributed by atoms with Crippen LogP contribution in [0.1, 0.15) is 13.3 Å². The van der Waals surface area contributed by atoms with Gasteiger partial charge in [-0.05, 0) is 0 Å². The van der Waals surface area contributed by atoms with Gasteiger partial charge < -0.3 is 4.98 Å². The van der Waals surface area contributed by atoms with Crippen molar-refractivity contribution in [3.05, 3.63) is 46.8 Å². The number of carbonyl (C=O) groups is 2. The number of hydrazine groups is 1. The first-order valence-electron chi connectivity index (χ1n) is 6.95. The van der Waals surface area contributed by atoms with Gasteiger partial charge in [0.15, 0.2) is 5.16 Å². The fourth-order valence-corrected chi connectivity index (χ4v) is 2.33. The van der Waals surface area contributed by atoms with Crippen molar-refractivity contribution in [3.63, 3.8) is 0 Å². The number of rotatable bonds is 5. The van der Waals surface area contributed by atoms with Gasteiger partial charge in [-0.15, -0.1) is 0 Å². The molecule has 0 aliphatic carbocycles. The van der Waals surface area contributed by atoms with Crippen molar-refractivity contribution in [3.8, 4) is 11.3 Å². The molecule has 0 saturated carbocycles. The normalized spacial score (nSPS) is 10.1. The van der Waals surface area contributed by atoms with E-state index < -0.39 is 0 Å². The van der Waals surface area contributed by atoms with E-state index in [0.717, 1.165) is 17.3 Å². The minimum atomic E-state index is -0.385. The summed E-state index contributed by atoms with van der Waals surface area (Å²) >= 11 is 1.08. The highest BCUT2D eigenvalue weighted by molar-refractivity contribution is 7.99. The molecule has 0 bridgehead atoms. The lowest BCUT2D eigenvalue weighted by Crippen LogP contribution is -2.42. The number of carbonyl (C=O) groups excluding carboxylic acids is 2. The van der Waals surface area contributed by atoms with Crippen molar-refractivity contribution in [2.45, 2.75) is 18.5 Å². The quantitative estimate of drug-likeness (QED) is 0.432. The minimum Gasteiger partial charge on any atom is -0.301 e. The second-order valence-corrected chi connectivity index (χ2v) is 5.50. The molecule has 0 saturated heterocycles. The van der Waals surface area contributed by atoms with Gasteiger partial charge in [-0.25, -0.2) is 4.98 Å². The van der Waals surface area contributed by atoms with Gasteiger partial charge in [0, 0.05) is 18.1 Å². The number of benzene rings is 1. The zero-order valence-electron chi connectivity index (χ0n) is 12.5. The molecule has 23 heavy (non-hydrogen) atoms. The third kappa shape index (κ3) is 5.26. The molecule has 8 heteroatoms. The van der Waals surface area contributed by atoms with E-state index in [9.17, 15) is 14.4 Å². The number of hydrogen-bond acceptors (Lipinski definition) is 5. The number of nitrogens with one attached hydrogen (secondary N) is 3. The number of aromatic amines is 1. The standard InChI is InChI=1S/C15H16N4O3S/c1-2-12(20)18-19-14(22)9-23-15-16-11(8-13(21)17-15)10-6-4-3-5-7-10/h3-8H,2,9H2,1H3,(H,18,20)(H,19,22)(H,16,17,21). The predicted octanol–water partition coefficient (Wildman–Crippen LogP) is 1.09. The van der Waals surface area contributed by atoms with Gasteiger partial charge in [0.05, 0.1) is 11.4 Å². The first-order chi connectivity index (χ1) is 11.1. The van der Waals surface area contributed by atoms with Gasteiger partial charge >= 0.3 is 0 Å². The molecular weight excluding hydrogens is 316 g/mol. The highest BCUT2D eigenvalue weighted by Gasteiger charge is 2.08. The fourth-order valence-electron chi connectivity index (χ4n) is 1.66. The van der Waals surface area contributed by atoms with Crippen LogP contribution in [-0.2, 0) is 9.59 Å². The molecule has 120 valence electrons. The summed E-state index contributed by atoms with van der Waals surface area (Å²) in [7, 11) is 0. The minimum absolute atomic E-state index is 0.0190. The first kappa shape index (κ1) is 16.8. The van der Waals surface area contributed by atoms with Gasteiger partial charge in [0.1, 0.15) is 0 Å². The highest BCUT2D eigenvalue weighted by atomic mass is 32.2. The predicted molar refractivity (Wildman–Crippen MR) is 87.6 cm³/mol. The number of hydrogen-bond donors (Lipinski definition) is 3. The van der Waals surface area contributed by atoms with Crippen LogP contribution in [0.4, 0.5) is 0 Å². The Kier molecular flexibility index (Phi) is 5.93. The highest BCUT2D eigenvalue weighted by Crippen LogP contribution is 2.18. The van der Waals surface area contributed by atoms with Crippen LogP contribution in [0.25, 0.3) is 11.3 Å². The van der Waals surface area contributed by atoms with Gasteiger partial charge in [-0.3, -0.25) is 25.2 Å². The summed E-state index contributed by atoms with van der Waals surface area (Å²) in [6.45, 7) is 1.68. The molecule has 7 nitrogen and oxygen atoms in total. The molecule has 1 aromatic heterocycles. The number of nitrogens with zero attached hydrogens (tertiary/aromatic N) is 1. The summed E-state index contributed by atoms with van der Waals surface area (Å²) in [4.78, 5) is 41.3. The van der Waals surface area contributed by atoms with Crippen molar-refractivity contribution >= 4 is 23.6 Å². The molecule has 0 unspecified atom stereocenters. The second kappa shape index (κ2) is 8.14. The summed E-state index contributed by atoms with van der Waals surface area (Å²) < 4.78 is 0. The van der Waals surface area contributed by atoms with E-state index in [0.29, 0.717) is 10.9 Å². The van der Waals surface area contributed by atoms with Crippen molar-refractivity contribution < 1.29 is 9.59 Å². The largest absolute Gasteiger partial charge is 0.301 e. The van der Waals surface area contributed by atoms with Crippen LogP contribution in [0.2, 0.25) is 0 Å². The lowest BCUT2D eigenvalue weighted by Gasteiger charge is -2.06. The van der Waals surface area contributed by atoms with Crippen LogP contribution >= 0.6 is 11.8 Å². The van der Waals surface area contributed by atoms with Crippen LogP contribution < -0.4 is 16.4 Å². The van der Waals surface area contributed by atoms with E-state index in [1.165, 1.54) is 6.07 Å². The molecule has 0 aliphatic heterocycles. The van der Waals surface area contributed by atoms with Crippen LogP contribution in [0, 0.1) is 0 Å². The number of aromatic nitrogens is 2. The molecule has 0 fully saturated rings. The van der Waals surface area contributed by atoms with Gasteiger partial charge in [-0.1, -0.05) is 49.0 Å². The lowest BCUT2D eigenvalue weighted by molar-refractivity contribution is -0.127. The summed E-state index contributed by atoms with van der Waals surface area (Å²) in [6.07, 6.45) is 0.279. The van der Waals surface area contributed by atoms with Gasteiger partial charge in [-0.2, -0.15) is 0 Å². The molecule has 1 aromatic carbocycles. The summed E-state index contributed by atoms with van der Waals surface area (Å²) in [5.41, 5.74) is 5.63. The fraction of sp³-hybridized carbons (Fsp3) is 0.200. The van der Waals surface area contributed by atoms with Crippen LogP contribution in [-0.4, -0.2) is 27.5 Å². The first-order valence-corrected chi connectivity index (χ1v) is 7.94. The maximum absolute atomic E-state index is 11.7. The maximum Gasteiger partial charge on any atom is 0.252 e. The number of thioether (sulfide) groups is 1. The number of H-pyrrole nitrogens is 1. The molecule has 2 aromatic rings. The van der Waals surface area contributed by atoms with E-state index in [-0.39, 0.29) is 29.5 Å². The average Bonchev–Trinajstić information content (AvgIpc) is 2.58. The van der Waals surface area contributed by atoms with E-state index in [1.807, 2.05) is 30.3 Å². The topological polar surface area (TPSA) is 104 Å². The van der Waals surface area contributed by atoms with Crippen LogP contribution in [0.5, 0.6) is 0 Å². The second-order valence-electron chi connectivity index (χ2n) is 4.54. The van der Waals surface area contributed by atoms with Gasteiger partial charge in [0.2, 0.25) is 11.8 Å². The molecular formula is C15H16N4O3S. The van der Waals surface area contributed by atoms with E-state index in [4.69, 9.17) is 0 Å². The summed E-state index contributed by atoms with van der Waals surface area (Å²) in [5, 5.41) is 0.341. The Morgan fingerprint density at radius 2 is 1.87 bits per heavy atom. The lowest BCUT2D eigenvalue weighted by atomic mass is 10.1. The Morgan fingerprint density at radius 3 is 2.57 bits per heavy atom. The third-order valence-corrected chi connectivity index (χ3v) is 3.67. The van der Waals surface area contributed by atoms with Crippen molar-refractivity contribution in [1.29, 1.82) is 0 Å². The molecule has 0 spiro atoms. The van der Waals surface area contributed by atoms with E-state index >= 15 is 0 Å². The van der Waals surface area contributed by atoms with E-state index in [1.54, 1.807) is 6.92 Å². The van der Waals surface area contributed by atoms with Gasteiger partial charge in [0.25, 0.3) is 5.56 Å². The molecule has 3 N–H and O–H groups in total. The number of amides is 2. The molecule has 0 atom stereocenters. The molecule has 0 radical (unpaired) electrons. The maximum atomic E-state index is 11.7. The van der Waals surface area contributed by atoms with Crippen molar-refractivity contribution in [2.75, 3.05) is 5.75 Å². The Labute approximate surface area is 136 Å². The zero-order valence-corrected chi connectivity index (χ0v) is 13.3. The Balaban J connectivity index is 2.01. The summed E-state index contributed by atoms with van der Waals surface area (Å²) in [6, 6.07) is 10.7. The Morgan fingerprint density at radius 1 is 1.17 bits per heavy atom. The van der Waals surface area contributed by atoms with E-state index in [2.05, 4.69) is 20.8 Å². The van der Waals surface area contributed by atoms with Crippen molar-refractivity contribution in [2.24, 2.45) is 0 Å². The third-order valence-electron chi connectivity index (χ3n) is 2.79. The summed E-state index contributed by atoms with van der Waals surface area (Å²) in [5.74, 6) is -0.643. The average molecular weight is 332 g/mol.